The minimum atomic E-state index is -0.549. The van der Waals surface area contributed by atoms with Gasteiger partial charge in [-0.1, -0.05) is 30.3 Å². The first-order chi connectivity index (χ1) is 11.6. The van der Waals surface area contributed by atoms with Gasteiger partial charge in [0, 0.05) is 13.1 Å². The molecule has 0 amide bonds. The van der Waals surface area contributed by atoms with Crippen LogP contribution in [0.15, 0.2) is 42.7 Å². The molecule has 0 aliphatic heterocycles. The van der Waals surface area contributed by atoms with Gasteiger partial charge in [-0.25, -0.2) is 14.8 Å². The van der Waals surface area contributed by atoms with Crippen LogP contribution in [0.1, 0.15) is 23.0 Å². The van der Waals surface area contributed by atoms with Crippen molar-refractivity contribution in [3.63, 3.8) is 0 Å². The van der Waals surface area contributed by atoms with Gasteiger partial charge in [-0.05, 0) is 12.5 Å². The first-order valence-electron chi connectivity index (χ1n) is 7.50. The number of hydrogen-bond donors (Lipinski definition) is 0. The third-order valence-electron chi connectivity index (χ3n) is 3.14. The van der Waals surface area contributed by atoms with Gasteiger partial charge in [0.25, 0.3) is 0 Å². The number of ether oxygens (including phenoxy) is 2. The summed E-state index contributed by atoms with van der Waals surface area (Å²) in [6.07, 6.45) is 1.26. The fraction of sp³-hybridized carbons (Fsp3) is 0.294. The van der Waals surface area contributed by atoms with Gasteiger partial charge in [0.05, 0.1) is 6.61 Å². The van der Waals surface area contributed by atoms with E-state index in [1.54, 1.807) is 18.9 Å². The lowest BCUT2D eigenvalue weighted by Gasteiger charge is -2.17. The van der Waals surface area contributed by atoms with Gasteiger partial charge >= 0.3 is 11.9 Å². The number of rotatable bonds is 7. The van der Waals surface area contributed by atoms with Crippen LogP contribution in [-0.2, 0) is 20.9 Å². The minimum Gasteiger partial charge on any atom is -0.465 e. The van der Waals surface area contributed by atoms with Crippen LogP contribution in [0.5, 0.6) is 0 Å². The number of nitrogens with zero attached hydrogens (tertiary/aromatic N) is 3. The van der Waals surface area contributed by atoms with Crippen LogP contribution in [0.25, 0.3) is 0 Å². The largest absolute Gasteiger partial charge is 0.465 e. The molecule has 7 heteroatoms. The number of hydrogen-bond acceptors (Lipinski definition) is 7. The highest BCUT2D eigenvalue weighted by molar-refractivity contribution is 5.88. The van der Waals surface area contributed by atoms with Crippen LogP contribution in [0, 0.1) is 0 Å². The van der Waals surface area contributed by atoms with Gasteiger partial charge in [-0.15, -0.1) is 0 Å². The molecule has 0 N–H and O–H groups in total. The Labute approximate surface area is 140 Å². The molecule has 1 heterocycles. The highest BCUT2D eigenvalue weighted by Gasteiger charge is 2.14. The molecule has 0 unspecified atom stereocenters. The van der Waals surface area contributed by atoms with Gasteiger partial charge in [-0.3, -0.25) is 4.79 Å². The molecule has 0 spiro atoms. The fourth-order valence-corrected chi connectivity index (χ4v) is 1.95. The Morgan fingerprint density at radius 3 is 2.58 bits per heavy atom. The minimum absolute atomic E-state index is 0.0311. The van der Waals surface area contributed by atoms with Crippen LogP contribution in [0.2, 0.25) is 0 Å². The molecule has 7 nitrogen and oxygen atoms in total. The standard InChI is InChI=1S/C17H19N3O4/c1-3-23-16(21)10-20(2)15-9-14(18-12-19-15)17(22)24-11-13-7-5-4-6-8-13/h4-9,12H,3,10-11H2,1-2H3. The summed E-state index contributed by atoms with van der Waals surface area (Å²) in [5, 5.41) is 0. The Hall–Kier alpha value is -2.96. The second-order valence-electron chi connectivity index (χ2n) is 4.98. The third-order valence-corrected chi connectivity index (χ3v) is 3.14. The molecule has 0 aliphatic carbocycles. The van der Waals surface area contributed by atoms with E-state index >= 15 is 0 Å². The third kappa shape index (κ3) is 5.05. The van der Waals surface area contributed by atoms with E-state index in [2.05, 4.69) is 9.97 Å². The van der Waals surface area contributed by atoms with Crippen molar-refractivity contribution in [3.05, 3.63) is 54.0 Å². The summed E-state index contributed by atoms with van der Waals surface area (Å²) in [5.41, 5.74) is 1.02. The van der Waals surface area contributed by atoms with Crippen molar-refractivity contribution in [3.8, 4) is 0 Å². The molecule has 0 atom stereocenters. The summed E-state index contributed by atoms with van der Waals surface area (Å²) in [6.45, 7) is 2.25. The van der Waals surface area contributed by atoms with Crippen molar-refractivity contribution in [2.45, 2.75) is 13.5 Å². The van der Waals surface area contributed by atoms with Crippen molar-refractivity contribution in [1.82, 2.24) is 9.97 Å². The zero-order valence-electron chi connectivity index (χ0n) is 13.6. The topological polar surface area (TPSA) is 81.6 Å². The van der Waals surface area contributed by atoms with Crippen molar-refractivity contribution in [2.24, 2.45) is 0 Å². The highest BCUT2D eigenvalue weighted by Crippen LogP contribution is 2.11. The number of carbonyl (C=O) groups excluding carboxylic acids is 2. The molecule has 0 saturated carbocycles. The first-order valence-corrected chi connectivity index (χ1v) is 7.50. The van der Waals surface area contributed by atoms with Crippen LogP contribution in [0.3, 0.4) is 0 Å². The maximum Gasteiger partial charge on any atom is 0.357 e. The Morgan fingerprint density at radius 1 is 1.12 bits per heavy atom. The van der Waals surface area contributed by atoms with E-state index in [-0.39, 0.29) is 24.8 Å². The number of benzene rings is 1. The Bertz CT molecular complexity index is 691. The van der Waals surface area contributed by atoms with E-state index in [9.17, 15) is 9.59 Å². The molecule has 0 aliphatic rings. The van der Waals surface area contributed by atoms with Gasteiger partial charge in [-0.2, -0.15) is 0 Å². The maximum absolute atomic E-state index is 12.1. The first kappa shape index (κ1) is 17.4. The van der Waals surface area contributed by atoms with E-state index in [0.717, 1.165) is 5.56 Å². The predicted molar refractivity (Wildman–Crippen MR) is 87.5 cm³/mol. The Kier molecular flexibility index (Phi) is 6.24. The summed E-state index contributed by atoms with van der Waals surface area (Å²) < 4.78 is 10.1. The van der Waals surface area contributed by atoms with Gasteiger partial charge in [0.1, 0.15) is 25.3 Å². The molecule has 2 aromatic rings. The van der Waals surface area contributed by atoms with Gasteiger partial charge in [0.15, 0.2) is 5.69 Å². The second kappa shape index (κ2) is 8.61. The second-order valence-corrected chi connectivity index (χ2v) is 4.98. The molecule has 0 radical (unpaired) electrons. The lowest BCUT2D eigenvalue weighted by Crippen LogP contribution is -2.28. The monoisotopic (exact) mass is 329 g/mol. The van der Waals surface area contributed by atoms with Crippen LogP contribution >= 0.6 is 0 Å². The Balaban J connectivity index is 1.98. The highest BCUT2D eigenvalue weighted by atomic mass is 16.5. The fourth-order valence-electron chi connectivity index (χ4n) is 1.95. The molecule has 24 heavy (non-hydrogen) atoms. The molecule has 0 saturated heterocycles. The quantitative estimate of drug-likeness (QED) is 0.717. The average molecular weight is 329 g/mol. The molecular weight excluding hydrogens is 310 g/mol. The zero-order chi connectivity index (χ0) is 17.4. The van der Waals surface area contributed by atoms with E-state index in [1.807, 2.05) is 30.3 Å². The zero-order valence-corrected chi connectivity index (χ0v) is 13.6. The molecule has 126 valence electrons. The Morgan fingerprint density at radius 2 is 1.88 bits per heavy atom. The summed E-state index contributed by atoms with van der Waals surface area (Å²) in [5.74, 6) is -0.483. The number of esters is 2. The number of likely N-dealkylation sites (N-methyl/N-ethyl adjacent to an activating group) is 1. The molecule has 1 aromatic heterocycles. The SMILES string of the molecule is CCOC(=O)CN(C)c1cc(C(=O)OCc2ccccc2)ncn1. The van der Waals surface area contributed by atoms with Crippen molar-refractivity contribution < 1.29 is 19.1 Å². The van der Waals surface area contributed by atoms with Crippen molar-refractivity contribution in [1.29, 1.82) is 0 Å². The van der Waals surface area contributed by atoms with E-state index < -0.39 is 5.97 Å². The summed E-state index contributed by atoms with van der Waals surface area (Å²) in [7, 11) is 1.68. The van der Waals surface area contributed by atoms with Crippen LogP contribution in [0.4, 0.5) is 5.82 Å². The van der Waals surface area contributed by atoms with Gasteiger partial charge < -0.3 is 14.4 Å². The molecule has 0 bridgehead atoms. The van der Waals surface area contributed by atoms with E-state index in [1.165, 1.54) is 12.4 Å². The number of carbonyl (C=O) groups is 2. The number of anilines is 1. The summed E-state index contributed by atoms with van der Waals surface area (Å²) >= 11 is 0. The molecular formula is C17H19N3O4. The maximum atomic E-state index is 12.1. The summed E-state index contributed by atoms with van der Waals surface area (Å²) in [6, 6.07) is 10.8. The molecule has 1 aromatic carbocycles. The normalized spacial score (nSPS) is 10.1. The van der Waals surface area contributed by atoms with Crippen molar-refractivity contribution in [2.75, 3.05) is 25.1 Å². The van der Waals surface area contributed by atoms with Gasteiger partial charge in [0.2, 0.25) is 0 Å². The molecule has 0 fully saturated rings. The lowest BCUT2D eigenvalue weighted by atomic mass is 10.2. The molecule has 2 rings (SSSR count). The van der Waals surface area contributed by atoms with Crippen molar-refractivity contribution >= 4 is 17.8 Å². The average Bonchev–Trinajstić information content (AvgIpc) is 2.61. The van der Waals surface area contributed by atoms with Crippen LogP contribution in [-0.4, -0.2) is 42.1 Å². The number of aromatic nitrogens is 2. The van der Waals surface area contributed by atoms with Crippen LogP contribution < -0.4 is 4.90 Å². The van der Waals surface area contributed by atoms with E-state index in [4.69, 9.17) is 9.47 Å². The lowest BCUT2D eigenvalue weighted by molar-refractivity contribution is -0.141. The van der Waals surface area contributed by atoms with E-state index in [0.29, 0.717) is 12.4 Å². The summed E-state index contributed by atoms with van der Waals surface area (Å²) in [4.78, 5) is 33.2. The smallest absolute Gasteiger partial charge is 0.357 e. The predicted octanol–water partition coefficient (Wildman–Crippen LogP) is 1.83.